The predicted molar refractivity (Wildman–Crippen MR) is 67.5 cm³/mol. The highest BCUT2D eigenvalue weighted by atomic mass is 19.4. The Morgan fingerprint density at radius 2 is 1.42 bits per heavy atom. The first-order valence-electron chi connectivity index (χ1n) is 7.63. The number of halogens is 4. The van der Waals surface area contributed by atoms with Crippen molar-refractivity contribution in [2.24, 2.45) is 23.7 Å². The standard InChI is InChI=1S/C15H24F4/c16-10-11-7-13(9-14(8-11)15(17,18)19)12-5-3-1-2-4-6-12/h11-14H,1-10H2. The van der Waals surface area contributed by atoms with Crippen LogP contribution >= 0.6 is 0 Å². The van der Waals surface area contributed by atoms with Gasteiger partial charge >= 0.3 is 6.18 Å². The summed E-state index contributed by atoms with van der Waals surface area (Å²) < 4.78 is 51.7. The SMILES string of the molecule is FCC1CC(C2CCCCCC2)CC(C(F)(F)F)C1. The summed E-state index contributed by atoms with van der Waals surface area (Å²) in [6.45, 7) is -0.587. The highest BCUT2D eigenvalue weighted by molar-refractivity contribution is 4.86. The Labute approximate surface area is 112 Å². The maximum absolute atomic E-state index is 12.9. The molecule has 2 saturated carbocycles. The van der Waals surface area contributed by atoms with Gasteiger partial charge in [-0.25, -0.2) is 0 Å². The molecule has 2 aliphatic carbocycles. The van der Waals surface area contributed by atoms with E-state index in [0.717, 1.165) is 25.7 Å². The molecule has 3 atom stereocenters. The topological polar surface area (TPSA) is 0 Å². The van der Waals surface area contributed by atoms with Crippen molar-refractivity contribution in [1.29, 1.82) is 0 Å². The second-order valence-electron chi connectivity index (χ2n) is 6.48. The van der Waals surface area contributed by atoms with Crippen molar-refractivity contribution in [3.05, 3.63) is 0 Å². The summed E-state index contributed by atoms with van der Waals surface area (Å²) in [7, 11) is 0. The number of alkyl halides is 4. The van der Waals surface area contributed by atoms with Crippen molar-refractivity contribution < 1.29 is 17.6 Å². The first kappa shape index (κ1) is 15.1. The van der Waals surface area contributed by atoms with Gasteiger partial charge in [-0.3, -0.25) is 4.39 Å². The summed E-state index contributed by atoms with van der Waals surface area (Å²) in [5, 5.41) is 0. The Kier molecular flexibility index (Phi) is 5.13. The molecule has 0 heterocycles. The van der Waals surface area contributed by atoms with E-state index in [1.165, 1.54) is 12.8 Å². The van der Waals surface area contributed by atoms with Crippen LogP contribution < -0.4 is 0 Å². The molecule has 4 heteroatoms. The third-order valence-electron chi connectivity index (χ3n) is 5.09. The highest BCUT2D eigenvalue weighted by Gasteiger charge is 2.46. The summed E-state index contributed by atoms with van der Waals surface area (Å²) in [4.78, 5) is 0. The fraction of sp³-hybridized carbons (Fsp3) is 1.00. The Morgan fingerprint density at radius 3 is 1.95 bits per heavy atom. The van der Waals surface area contributed by atoms with Crippen LogP contribution in [0.1, 0.15) is 57.8 Å². The van der Waals surface area contributed by atoms with Crippen LogP contribution in [-0.2, 0) is 0 Å². The lowest BCUT2D eigenvalue weighted by atomic mass is 9.69. The number of hydrogen-bond donors (Lipinski definition) is 0. The fourth-order valence-corrected chi connectivity index (χ4v) is 4.05. The van der Waals surface area contributed by atoms with Gasteiger partial charge in [0.25, 0.3) is 0 Å². The van der Waals surface area contributed by atoms with Crippen molar-refractivity contribution in [3.63, 3.8) is 0 Å². The lowest BCUT2D eigenvalue weighted by Crippen LogP contribution is -2.36. The van der Waals surface area contributed by atoms with Gasteiger partial charge in [0.1, 0.15) is 0 Å². The smallest absolute Gasteiger partial charge is 0.251 e. The summed E-state index contributed by atoms with van der Waals surface area (Å²) >= 11 is 0. The van der Waals surface area contributed by atoms with Crippen LogP contribution in [0.3, 0.4) is 0 Å². The van der Waals surface area contributed by atoms with E-state index in [0.29, 0.717) is 12.3 Å². The maximum Gasteiger partial charge on any atom is 0.391 e. The average Bonchev–Trinajstić information content (AvgIpc) is 2.66. The van der Waals surface area contributed by atoms with Crippen molar-refractivity contribution in [1.82, 2.24) is 0 Å². The Balaban J connectivity index is 2.01. The zero-order chi connectivity index (χ0) is 13.9. The lowest BCUT2D eigenvalue weighted by molar-refractivity contribution is -0.192. The van der Waals surface area contributed by atoms with Gasteiger partial charge in [0.15, 0.2) is 0 Å². The molecule has 2 fully saturated rings. The zero-order valence-electron chi connectivity index (χ0n) is 11.4. The van der Waals surface area contributed by atoms with Crippen molar-refractivity contribution in [3.8, 4) is 0 Å². The average molecular weight is 280 g/mol. The molecule has 0 amide bonds. The fourth-order valence-electron chi connectivity index (χ4n) is 4.05. The summed E-state index contributed by atoms with van der Waals surface area (Å²) in [5.41, 5.74) is 0. The van der Waals surface area contributed by atoms with Crippen LogP contribution in [-0.4, -0.2) is 12.9 Å². The second kappa shape index (κ2) is 6.45. The van der Waals surface area contributed by atoms with Gasteiger partial charge in [-0.1, -0.05) is 38.5 Å². The normalized spacial score (nSPS) is 35.1. The molecule has 0 aromatic rings. The summed E-state index contributed by atoms with van der Waals surface area (Å²) in [5.74, 6) is -1.13. The van der Waals surface area contributed by atoms with Gasteiger partial charge in [-0.15, -0.1) is 0 Å². The number of rotatable bonds is 2. The quantitative estimate of drug-likeness (QED) is 0.461. The Bertz CT molecular complexity index is 266. The summed E-state index contributed by atoms with van der Waals surface area (Å²) in [6.07, 6.45) is 3.56. The van der Waals surface area contributed by atoms with Crippen LogP contribution in [0.5, 0.6) is 0 Å². The van der Waals surface area contributed by atoms with Crippen LogP contribution in [0.15, 0.2) is 0 Å². The molecular weight excluding hydrogens is 256 g/mol. The molecular formula is C15H24F4. The largest absolute Gasteiger partial charge is 0.391 e. The van der Waals surface area contributed by atoms with Gasteiger partial charge in [0, 0.05) is 0 Å². The van der Waals surface area contributed by atoms with E-state index in [-0.39, 0.29) is 24.7 Å². The first-order valence-corrected chi connectivity index (χ1v) is 7.63. The van der Waals surface area contributed by atoms with Gasteiger partial charge < -0.3 is 0 Å². The monoisotopic (exact) mass is 280 g/mol. The molecule has 2 aliphatic rings. The van der Waals surface area contributed by atoms with Gasteiger partial charge in [0.05, 0.1) is 12.6 Å². The molecule has 0 bridgehead atoms. The van der Waals surface area contributed by atoms with E-state index in [9.17, 15) is 17.6 Å². The molecule has 112 valence electrons. The van der Waals surface area contributed by atoms with Crippen molar-refractivity contribution in [2.45, 2.75) is 64.0 Å². The minimum Gasteiger partial charge on any atom is -0.251 e. The van der Waals surface area contributed by atoms with Crippen LogP contribution in [0.25, 0.3) is 0 Å². The van der Waals surface area contributed by atoms with Crippen LogP contribution in [0, 0.1) is 23.7 Å². The van der Waals surface area contributed by atoms with Crippen LogP contribution in [0.2, 0.25) is 0 Å². The summed E-state index contributed by atoms with van der Waals surface area (Å²) in [6, 6.07) is 0. The Morgan fingerprint density at radius 1 is 0.789 bits per heavy atom. The Hall–Kier alpha value is -0.280. The zero-order valence-corrected chi connectivity index (χ0v) is 11.4. The lowest BCUT2D eigenvalue weighted by Gasteiger charge is -2.38. The second-order valence-corrected chi connectivity index (χ2v) is 6.48. The van der Waals surface area contributed by atoms with Gasteiger partial charge in [-0.05, 0) is 37.0 Å². The van der Waals surface area contributed by atoms with E-state index in [1.54, 1.807) is 0 Å². The maximum atomic E-state index is 12.9. The third kappa shape index (κ3) is 4.09. The minimum atomic E-state index is -4.14. The molecule has 3 unspecified atom stereocenters. The van der Waals surface area contributed by atoms with Gasteiger partial charge in [0.2, 0.25) is 0 Å². The molecule has 2 rings (SSSR count). The molecule has 0 saturated heterocycles. The van der Waals surface area contributed by atoms with E-state index in [2.05, 4.69) is 0 Å². The highest BCUT2D eigenvalue weighted by Crippen LogP contribution is 2.47. The van der Waals surface area contributed by atoms with Gasteiger partial charge in [-0.2, -0.15) is 13.2 Å². The molecule has 0 aliphatic heterocycles. The van der Waals surface area contributed by atoms with E-state index in [1.807, 2.05) is 0 Å². The van der Waals surface area contributed by atoms with Crippen LogP contribution in [0.4, 0.5) is 17.6 Å². The minimum absolute atomic E-state index is 0.00319. The predicted octanol–water partition coefficient (Wildman–Crippen LogP) is 5.52. The molecule has 0 spiro atoms. The molecule has 0 aromatic carbocycles. The number of hydrogen-bond acceptors (Lipinski definition) is 0. The van der Waals surface area contributed by atoms with E-state index >= 15 is 0 Å². The molecule has 0 nitrogen and oxygen atoms in total. The van der Waals surface area contributed by atoms with Crippen molar-refractivity contribution in [2.75, 3.05) is 6.67 Å². The third-order valence-corrected chi connectivity index (χ3v) is 5.09. The first-order chi connectivity index (χ1) is 9.00. The molecule has 0 aromatic heterocycles. The van der Waals surface area contributed by atoms with E-state index in [4.69, 9.17) is 0 Å². The van der Waals surface area contributed by atoms with Crippen molar-refractivity contribution >= 4 is 0 Å². The van der Waals surface area contributed by atoms with E-state index < -0.39 is 18.8 Å². The molecule has 19 heavy (non-hydrogen) atoms. The molecule has 0 N–H and O–H groups in total. The molecule has 0 radical (unpaired) electrons.